The summed E-state index contributed by atoms with van der Waals surface area (Å²) in [4.78, 5) is 37.6. The quantitative estimate of drug-likeness (QED) is 0.799. The van der Waals surface area contributed by atoms with Crippen molar-refractivity contribution in [3.63, 3.8) is 0 Å². The van der Waals surface area contributed by atoms with Crippen LogP contribution in [-0.2, 0) is 27.2 Å². The Labute approximate surface area is 150 Å². The van der Waals surface area contributed by atoms with Crippen molar-refractivity contribution in [2.45, 2.75) is 51.4 Å². The molecule has 1 fully saturated rings. The monoisotopic (exact) mass is 365 g/mol. The van der Waals surface area contributed by atoms with Gasteiger partial charge in [-0.15, -0.1) is 11.3 Å². The van der Waals surface area contributed by atoms with Crippen molar-refractivity contribution in [1.82, 2.24) is 0 Å². The molecule has 1 amide bonds. The van der Waals surface area contributed by atoms with Crippen molar-refractivity contribution in [3.8, 4) is 0 Å². The van der Waals surface area contributed by atoms with Crippen LogP contribution in [0.5, 0.6) is 0 Å². The van der Waals surface area contributed by atoms with Crippen LogP contribution in [0.15, 0.2) is 0 Å². The molecule has 6 nitrogen and oxygen atoms in total. The van der Waals surface area contributed by atoms with Gasteiger partial charge in [0.25, 0.3) is 0 Å². The lowest BCUT2D eigenvalue weighted by Gasteiger charge is -2.27. The summed E-state index contributed by atoms with van der Waals surface area (Å²) < 4.78 is 4.91. The number of aryl methyl sites for hydroxylation is 1. The molecule has 3 rings (SSSR count). The SMILES string of the molecule is COC(=O)c1c(NC(=O)[C@@H]2CCCC[C@@H]2C(=O)O)sc2c1CCCC2. The van der Waals surface area contributed by atoms with Crippen LogP contribution in [0.2, 0.25) is 0 Å². The predicted molar refractivity (Wildman–Crippen MR) is 94.0 cm³/mol. The standard InChI is InChI=1S/C18H23NO5S/c1-24-18(23)14-12-8-4-5-9-13(12)25-16(14)19-15(20)10-6-2-3-7-11(10)17(21)22/h10-11H,2-9H2,1H3,(H,19,20)(H,21,22)/t10-,11+/m1/s1. The molecule has 0 unspecified atom stereocenters. The third-order valence-electron chi connectivity index (χ3n) is 5.22. The molecule has 1 heterocycles. The van der Waals surface area contributed by atoms with Gasteiger partial charge in [-0.25, -0.2) is 4.79 Å². The third kappa shape index (κ3) is 3.56. The van der Waals surface area contributed by atoms with E-state index in [9.17, 15) is 19.5 Å². The van der Waals surface area contributed by atoms with Gasteiger partial charge < -0.3 is 15.2 Å². The Kier molecular flexibility index (Phi) is 5.42. The van der Waals surface area contributed by atoms with Gasteiger partial charge in [0.15, 0.2) is 0 Å². The molecular formula is C18H23NO5S. The highest BCUT2D eigenvalue weighted by atomic mass is 32.1. The second-order valence-electron chi connectivity index (χ2n) is 6.73. The molecule has 2 N–H and O–H groups in total. The number of esters is 1. The Balaban J connectivity index is 1.86. The molecule has 1 saturated carbocycles. The first kappa shape index (κ1) is 17.9. The number of carbonyl (C=O) groups is 3. The van der Waals surface area contributed by atoms with Crippen LogP contribution in [0, 0.1) is 11.8 Å². The number of anilines is 1. The largest absolute Gasteiger partial charge is 0.481 e. The zero-order valence-corrected chi connectivity index (χ0v) is 15.1. The van der Waals surface area contributed by atoms with Gasteiger partial charge in [0.1, 0.15) is 5.00 Å². The van der Waals surface area contributed by atoms with Crippen LogP contribution in [0.1, 0.15) is 59.3 Å². The second-order valence-corrected chi connectivity index (χ2v) is 7.84. The number of hydrogen-bond acceptors (Lipinski definition) is 5. The number of ether oxygens (including phenoxy) is 1. The molecule has 0 saturated heterocycles. The van der Waals surface area contributed by atoms with Gasteiger partial charge in [0.2, 0.25) is 5.91 Å². The lowest BCUT2D eigenvalue weighted by atomic mass is 9.78. The van der Waals surface area contributed by atoms with Crippen LogP contribution in [0.3, 0.4) is 0 Å². The zero-order valence-electron chi connectivity index (χ0n) is 14.3. The average molecular weight is 365 g/mol. The third-order valence-corrected chi connectivity index (χ3v) is 6.42. The molecule has 0 bridgehead atoms. The first-order valence-electron chi connectivity index (χ1n) is 8.79. The molecular weight excluding hydrogens is 342 g/mol. The number of carboxylic acids is 1. The molecule has 2 aliphatic rings. The summed E-state index contributed by atoms with van der Waals surface area (Å²) in [6, 6.07) is 0. The van der Waals surface area contributed by atoms with E-state index in [-0.39, 0.29) is 5.91 Å². The maximum absolute atomic E-state index is 12.7. The summed E-state index contributed by atoms with van der Waals surface area (Å²) in [5.74, 6) is -2.84. The number of nitrogens with one attached hydrogen (secondary N) is 1. The summed E-state index contributed by atoms with van der Waals surface area (Å²) in [6.45, 7) is 0. The molecule has 0 radical (unpaired) electrons. The summed E-state index contributed by atoms with van der Waals surface area (Å²) >= 11 is 1.43. The number of thiophene rings is 1. The number of amides is 1. The van der Waals surface area contributed by atoms with Crippen molar-refractivity contribution in [1.29, 1.82) is 0 Å². The minimum Gasteiger partial charge on any atom is -0.481 e. The fourth-order valence-corrected chi connectivity index (χ4v) is 5.20. The van der Waals surface area contributed by atoms with E-state index in [1.165, 1.54) is 18.4 Å². The zero-order chi connectivity index (χ0) is 18.0. The topological polar surface area (TPSA) is 92.7 Å². The summed E-state index contributed by atoms with van der Waals surface area (Å²) in [5, 5.41) is 12.8. The Bertz CT molecular complexity index is 696. The predicted octanol–water partition coefficient (Wildman–Crippen LogP) is 3.24. The van der Waals surface area contributed by atoms with Gasteiger partial charge in [0, 0.05) is 4.88 Å². The van der Waals surface area contributed by atoms with Gasteiger partial charge in [-0.05, 0) is 44.1 Å². The van der Waals surface area contributed by atoms with E-state index in [1.54, 1.807) is 0 Å². The fraction of sp³-hybridized carbons (Fsp3) is 0.611. The van der Waals surface area contributed by atoms with Crippen molar-refractivity contribution in [2.75, 3.05) is 12.4 Å². The Morgan fingerprint density at radius 1 is 1.08 bits per heavy atom. The molecule has 2 aliphatic carbocycles. The number of rotatable bonds is 4. The van der Waals surface area contributed by atoms with Crippen molar-refractivity contribution < 1.29 is 24.2 Å². The Hall–Kier alpha value is -1.89. The molecule has 136 valence electrons. The lowest BCUT2D eigenvalue weighted by molar-refractivity contribution is -0.147. The minimum atomic E-state index is -0.918. The molecule has 0 aromatic carbocycles. The van der Waals surface area contributed by atoms with Gasteiger partial charge in [0.05, 0.1) is 24.5 Å². The van der Waals surface area contributed by atoms with E-state index in [1.807, 2.05) is 0 Å². The van der Waals surface area contributed by atoms with E-state index in [4.69, 9.17) is 4.74 Å². The van der Waals surface area contributed by atoms with Crippen LogP contribution >= 0.6 is 11.3 Å². The number of aliphatic carboxylic acids is 1. The van der Waals surface area contributed by atoms with Crippen LogP contribution < -0.4 is 5.32 Å². The van der Waals surface area contributed by atoms with Gasteiger partial charge in [-0.3, -0.25) is 9.59 Å². The molecule has 0 aliphatic heterocycles. The van der Waals surface area contributed by atoms with Crippen molar-refractivity contribution in [3.05, 3.63) is 16.0 Å². The molecule has 0 spiro atoms. The molecule has 1 aromatic rings. The number of methoxy groups -OCH3 is 1. The highest BCUT2D eigenvalue weighted by Crippen LogP contribution is 2.39. The Morgan fingerprint density at radius 3 is 2.44 bits per heavy atom. The van der Waals surface area contributed by atoms with Gasteiger partial charge in [-0.1, -0.05) is 12.8 Å². The summed E-state index contributed by atoms with van der Waals surface area (Å²) in [7, 11) is 1.34. The smallest absolute Gasteiger partial charge is 0.341 e. The van der Waals surface area contributed by atoms with Crippen LogP contribution in [-0.4, -0.2) is 30.1 Å². The number of carboxylic acid groups (broad SMARTS) is 1. The lowest BCUT2D eigenvalue weighted by Crippen LogP contribution is -2.36. The maximum Gasteiger partial charge on any atom is 0.341 e. The van der Waals surface area contributed by atoms with Gasteiger partial charge >= 0.3 is 11.9 Å². The number of fused-ring (bicyclic) bond motifs is 1. The van der Waals surface area contributed by atoms with Crippen LogP contribution in [0.25, 0.3) is 0 Å². The molecule has 2 atom stereocenters. The normalized spacial score (nSPS) is 22.8. The molecule has 25 heavy (non-hydrogen) atoms. The maximum atomic E-state index is 12.7. The van der Waals surface area contributed by atoms with E-state index < -0.39 is 23.8 Å². The molecule has 7 heteroatoms. The first-order chi connectivity index (χ1) is 12.0. The van der Waals surface area contributed by atoms with E-state index >= 15 is 0 Å². The fourth-order valence-electron chi connectivity index (χ4n) is 3.92. The number of carbonyl (C=O) groups excluding carboxylic acids is 2. The summed E-state index contributed by atoms with van der Waals surface area (Å²) in [6.07, 6.45) is 6.60. The van der Waals surface area contributed by atoms with Crippen molar-refractivity contribution >= 4 is 34.2 Å². The first-order valence-corrected chi connectivity index (χ1v) is 9.61. The van der Waals surface area contributed by atoms with Crippen molar-refractivity contribution in [2.24, 2.45) is 11.8 Å². The van der Waals surface area contributed by atoms with E-state index in [2.05, 4.69) is 5.32 Å². The summed E-state index contributed by atoms with van der Waals surface area (Å²) in [5.41, 5.74) is 1.44. The van der Waals surface area contributed by atoms with Crippen LogP contribution in [0.4, 0.5) is 5.00 Å². The minimum absolute atomic E-state index is 0.296. The number of hydrogen-bond donors (Lipinski definition) is 2. The Morgan fingerprint density at radius 2 is 1.76 bits per heavy atom. The van der Waals surface area contributed by atoms with E-state index in [0.717, 1.165) is 49.0 Å². The molecule has 1 aromatic heterocycles. The second kappa shape index (κ2) is 7.56. The van der Waals surface area contributed by atoms with Gasteiger partial charge in [-0.2, -0.15) is 0 Å². The highest BCUT2D eigenvalue weighted by Gasteiger charge is 2.37. The average Bonchev–Trinajstić information content (AvgIpc) is 2.98. The highest BCUT2D eigenvalue weighted by molar-refractivity contribution is 7.17. The van der Waals surface area contributed by atoms with E-state index in [0.29, 0.717) is 23.4 Å².